The molecule has 23 heavy (non-hydrogen) atoms. The van der Waals surface area contributed by atoms with Crippen molar-refractivity contribution in [3.8, 4) is 0 Å². The molecule has 0 fully saturated rings. The molecular weight excluding hydrogens is 319 g/mol. The molecule has 2 aromatic rings. The van der Waals surface area contributed by atoms with Crippen LogP contribution in [0.15, 0.2) is 36.4 Å². The Balaban J connectivity index is 1.85. The molecule has 6 heteroatoms. The lowest BCUT2D eigenvalue weighted by atomic mass is 10.1. The minimum Gasteiger partial charge on any atom is -0.322 e. The van der Waals surface area contributed by atoms with Gasteiger partial charge in [0.2, 0.25) is 5.91 Å². The number of benzene rings is 2. The molecule has 2 amide bonds. The van der Waals surface area contributed by atoms with E-state index in [9.17, 15) is 14.0 Å². The molecule has 118 valence electrons. The fourth-order valence-electron chi connectivity index (χ4n) is 2.66. The lowest BCUT2D eigenvalue weighted by molar-refractivity contribution is -0.116. The van der Waals surface area contributed by atoms with Crippen molar-refractivity contribution in [1.29, 1.82) is 0 Å². The van der Waals surface area contributed by atoms with Gasteiger partial charge in [-0.25, -0.2) is 4.39 Å². The molecule has 0 spiro atoms. The van der Waals surface area contributed by atoms with Crippen molar-refractivity contribution in [3.05, 3.63) is 58.4 Å². The van der Waals surface area contributed by atoms with Crippen LogP contribution < -0.4 is 10.2 Å². The van der Waals surface area contributed by atoms with E-state index in [1.807, 2.05) is 6.07 Å². The van der Waals surface area contributed by atoms with Gasteiger partial charge >= 0.3 is 0 Å². The van der Waals surface area contributed by atoms with Gasteiger partial charge in [0.1, 0.15) is 5.82 Å². The minimum atomic E-state index is -0.499. The number of anilines is 2. The highest BCUT2D eigenvalue weighted by molar-refractivity contribution is 6.34. The third kappa shape index (κ3) is 3.05. The second-order valence-electron chi connectivity index (χ2n) is 5.34. The van der Waals surface area contributed by atoms with E-state index in [1.165, 1.54) is 19.1 Å². The Labute approximate surface area is 137 Å². The topological polar surface area (TPSA) is 49.4 Å². The highest BCUT2D eigenvalue weighted by Crippen LogP contribution is 2.31. The molecular formula is C17H14ClFN2O2. The number of hydrogen-bond donors (Lipinski definition) is 1. The van der Waals surface area contributed by atoms with Crippen LogP contribution in [0.4, 0.5) is 15.8 Å². The summed E-state index contributed by atoms with van der Waals surface area (Å²) in [5.41, 5.74) is 2.62. The van der Waals surface area contributed by atoms with Gasteiger partial charge in [0.25, 0.3) is 5.91 Å². The van der Waals surface area contributed by atoms with Crippen molar-refractivity contribution in [2.75, 3.05) is 16.8 Å². The third-order valence-corrected chi connectivity index (χ3v) is 4.11. The molecule has 2 aromatic carbocycles. The summed E-state index contributed by atoms with van der Waals surface area (Å²) in [6, 6.07) is 9.04. The van der Waals surface area contributed by atoms with Gasteiger partial charge in [0.05, 0.1) is 10.6 Å². The van der Waals surface area contributed by atoms with E-state index in [1.54, 1.807) is 17.0 Å². The molecule has 0 saturated carbocycles. The Hall–Kier alpha value is -2.40. The molecule has 0 radical (unpaired) electrons. The standard InChI is InChI=1S/C17H14ClFN2O2/c1-10(22)21-7-6-11-2-4-13(9-16(11)21)20-17(23)14-5-3-12(19)8-15(14)18/h2-5,8-9H,6-7H2,1H3,(H,20,23). The van der Waals surface area contributed by atoms with Gasteiger partial charge in [-0.2, -0.15) is 0 Å². The number of nitrogens with one attached hydrogen (secondary N) is 1. The zero-order valence-corrected chi connectivity index (χ0v) is 13.2. The van der Waals surface area contributed by atoms with Crippen LogP contribution in [-0.4, -0.2) is 18.4 Å². The first kappa shape index (κ1) is 15.5. The fraction of sp³-hybridized carbons (Fsp3) is 0.176. The first-order chi connectivity index (χ1) is 11.0. The average molecular weight is 333 g/mol. The Morgan fingerprint density at radius 3 is 2.70 bits per heavy atom. The molecule has 0 bridgehead atoms. The summed E-state index contributed by atoms with van der Waals surface area (Å²) in [5.74, 6) is -0.961. The first-order valence-electron chi connectivity index (χ1n) is 7.13. The minimum absolute atomic E-state index is 0.0335. The largest absolute Gasteiger partial charge is 0.322 e. The molecule has 1 heterocycles. The molecule has 0 saturated heterocycles. The molecule has 0 aromatic heterocycles. The van der Waals surface area contributed by atoms with Gasteiger partial charge in [0, 0.05) is 24.8 Å². The van der Waals surface area contributed by atoms with Crippen molar-refractivity contribution in [1.82, 2.24) is 0 Å². The van der Waals surface area contributed by atoms with Crippen LogP contribution in [0.25, 0.3) is 0 Å². The lowest BCUT2D eigenvalue weighted by Crippen LogP contribution is -2.25. The van der Waals surface area contributed by atoms with Crippen LogP contribution in [-0.2, 0) is 11.2 Å². The number of carbonyl (C=O) groups is 2. The number of hydrogen-bond acceptors (Lipinski definition) is 2. The summed E-state index contributed by atoms with van der Waals surface area (Å²) < 4.78 is 13.1. The molecule has 4 nitrogen and oxygen atoms in total. The smallest absolute Gasteiger partial charge is 0.257 e. The van der Waals surface area contributed by atoms with Gasteiger partial charge in [-0.15, -0.1) is 0 Å². The molecule has 0 unspecified atom stereocenters. The number of nitrogens with zero attached hydrogens (tertiary/aromatic N) is 1. The third-order valence-electron chi connectivity index (χ3n) is 3.79. The van der Waals surface area contributed by atoms with Crippen molar-refractivity contribution >= 4 is 34.8 Å². The van der Waals surface area contributed by atoms with E-state index >= 15 is 0 Å². The summed E-state index contributed by atoms with van der Waals surface area (Å²) in [6.45, 7) is 2.16. The van der Waals surface area contributed by atoms with Crippen LogP contribution in [0, 0.1) is 5.82 Å². The van der Waals surface area contributed by atoms with Gasteiger partial charge in [0.15, 0.2) is 0 Å². The van der Waals surface area contributed by atoms with Crippen LogP contribution in [0.1, 0.15) is 22.8 Å². The maximum Gasteiger partial charge on any atom is 0.257 e. The normalized spacial score (nSPS) is 12.9. The van der Waals surface area contributed by atoms with Gasteiger partial charge in [-0.3, -0.25) is 9.59 Å². The maximum absolute atomic E-state index is 13.1. The molecule has 1 aliphatic heterocycles. The van der Waals surface area contributed by atoms with E-state index in [2.05, 4.69) is 5.32 Å². The number of fused-ring (bicyclic) bond motifs is 1. The maximum atomic E-state index is 13.1. The number of halogens is 2. The van der Waals surface area contributed by atoms with Crippen LogP contribution >= 0.6 is 11.6 Å². The monoisotopic (exact) mass is 332 g/mol. The van der Waals surface area contributed by atoms with E-state index in [4.69, 9.17) is 11.6 Å². The van der Waals surface area contributed by atoms with Crippen molar-refractivity contribution < 1.29 is 14.0 Å². The summed E-state index contributed by atoms with van der Waals surface area (Å²) in [4.78, 5) is 25.6. The van der Waals surface area contributed by atoms with Gasteiger partial charge in [-0.1, -0.05) is 17.7 Å². The second kappa shape index (κ2) is 6.01. The van der Waals surface area contributed by atoms with E-state index in [0.717, 1.165) is 23.7 Å². The Morgan fingerprint density at radius 1 is 1.22 bits per heavy atom. The van der Waals surface area contributed by atoms with Crippen molar-refractivity contribution in [3.63, 3.8) is 0 Å². The Bertz CT molecular complexity index is 807. The number of rotatable bonds is 2. The first-order valence-corrected chi connectivity index (χ1v) is 7.51. The van der Waals surface area contributed by atoms with Crippen molar-refractivity contribution in [2.45, 2.75) is 13.3 Å². The summed E-state index contributed by atoms with van der Waals surface area (Å²) in [7, 11) is 0. The highest BCUT2D eigenvalue weighted by atomic mass is 35.5. The van der Waals surface area contributed by atoms with Crippen LogP contribution in [0.2, 0.25) is 5.02 Å². The lowest BCUT2D eigenvalue weighted by Gasteiger charge is -2.16. The van der Waals surface area contributed by atoms with Gasteiger partial charge in [-0.05, 0) is 42.3 Å². The quantitative estimate of drug-likeness (QED) is 0.912. The molecule has 1 aliphatic rings. The van der Waals surface area contributed by atoms with Crippen molar-refractivity contribution in [2.24, 2.45) is 0 Å². The number of carbonyl (C=O) groups excluding carboxylic acids is 2. The van der Waals surface area contributed by atoms with Crippen LogP contribution in [0.3, 0.4) is 0 Å². The Kier molecular flexibility index (Phi) is 4.05. The SMILES string of the molecule is CC(=O)N1CCc2ccc(NC(=O)c3ccc(F)cc3Cl)cc21. The average Bonchev–Trinajstić information content (AvgIpc) is 2.90. The van der Waals surface area contributed by atoms with E-state index < -0.39 is 11.7 Å². The second-order valence-corrected chi connectivity index (χ2v) is 5.75. The zero-order chi connectivity index (χ0) is 16.6. The summed E-state index contributed by atoms with van der Waals surface area (Å²) in [5, 5.41) is 2.77. The molecule has 0 atom stereocenters. The summed E-state index contributed by atoms with van der Waals surface area (Å²) >= 11 is 5.90. The van der Waals surface area contributed by atoms with Crippen LogP contribution in [0.5, 0.6) is 0 Å². The van der Waals surface area contributed by atoms with E-state index in [0.29, 0.717) is 12.2 Å². The number of amides is 2. The predicted molar refractivity (Wildman–Crippen MR) is 87.5 cm³/mol. The molecule has 3 rings (SSSR count). The van der Waals surface area contributed by atoms with Gasteiger partial charge < -0.3 is 10.2 Å². The molecule has 1 N–H and O–H groups in total. The highest BCUT2D eigenvalue weighted by Gasteiger charge is 2.22. The molecule has 0 aliphatic carbocycles. The summed E-state index contributed by atoms with van der Waals surface area (Å²) in [6.07, 6.45) is 0.799. The Morgan fingerprint density at radius 2 is 2.00 bits per heavy atom. The van der Waals surface area contributed by atoms with E-state index in [-0.39, 0.29) is 16.5 Å². The zero-order valence-electron chi connectivity index (χ0n) is 12.4. The fourth-order valence-corrected chi connectivity index (χ4v) is 2.91. The predicted octanol–water partition coefficient (Wildman–Crippen LogP) is 3.64.